The number of hydrogen-bond acceptors (Lipinski definition) is 8. The van der Waals surface area contributed by atoms with Crippen molar-refractivity contribution in [1.29, 1.82) is 0 Å². The molecule has 0 spiro atoms. The number of carbonyl (C=O) groups is 2. The molecule has 2 aromatic carbocycles. The Bertz CT molecular complexity index is 1910. The van der Waals surface area contributed by atoms with Crippen molar-refractivity contribution >= 4 is 40.2 Å². The number of nitrogens with zero attached hydrogens (tertiary/aromatic N) is 3. The summed E-state index contributed by atoms with van der Waals surface area (Å²) in [6.07, 6.45) is 3.51. The van der Waals surface area contributed by atoms with E-state index >= 15 is 0 Å². The van der Waals surface area contributed by atoms with E-state index in [1.165, 1.54) is 15.9 Å². The Morgan fingerprint density at radius 2 is 1.93 bits per heavy atom. The van der Waals surface area contributed by atoms with Crippen molar-refractivity contribution in [3.05, 3.63) is 90.7 Å². The predicted molar refractivity (Wildman–Crippen MR) is 160 cm³/mol. The molecule has 11 heteroatoms. The van der Waals surface area contributed by atoms with Crippen LogP contribution in [0.4, 0.5) is 0 Å². The number of para-hydroxylation sites is 1. The Morgan fingerprint density at radius 3 is 2.62 bits per heavy atom. The third-order valence-corrected chi connectivity index (χ3v) is 7.80. The molecule has 0 radical (unpaired) electrons. The number of esters is 1. The van der Waals surface area contributed by atoms with Gasteiger partial charge in [0.1, 0.15) is 6.54 Å². The molecular weight excluding hydrogens is 556 g/mol. The number of ether oxygens (including phenoxy) is 3. The number of rotatable bonds is 9. The van der Waals surface area contributed by atoms with Gasteiger partial charge < -0.3 is 24.5 Å². The lowest BCUT2D eigenvalue weighted by Gasteiger charge is -2.25. The summed E-state index contributed by atoms with van der Waals surface area (Å²) in [7, 11) is 1.54. The number of fused-ring (bicyclic) bond motifs is 2. The third-order valence-electron chi connectivity index (χ3n) is 6.82. The SMILES string of the molecule is CCOC(=O)C1=C(C)N=c2sc(=Cc3cn(CC(N)=O)c4ccccc34)c(=O)n2C1c1ccc(OC(C)C)c(OC)c1. The summed E-state index contributed by atoms with van der Waals surface area (Å²) in [4.78, 5) is 44.1. The molecule has 0 saturated heterocycles. The highest BCUT2D eigenvalue weighted by Crippen LogP contribution is 2.36. The van der Waals surface area contributed by atoms with Crippen LogP contribution in [0.5, 0.6) is 11.5 Å². The number of aromatic nitrogens is 2. The quantitative estimate of drug-likeness (QED) is 0.300. The van der Waals surface area contributed by atoms with Crippen LogP contribution < -0.4 is 30.1 Å². The van der Waals surface area contributed by atoms with Gasteiger partial charge in [-0.1, -0.05) is 35.6 Å². The molecule has 218 valence electrons. The Kier molecular flexibility index (Phi) is 8.04. The van der Waals surface area contributed by atoms with Gasteiger partial charge in [0.25, 0.3) is 5.56 Å². The molecule has 10 nitrogen and oxygen atoms in total. The molecule has 1 aliphatic heterocycles. The zero-order valence-electron chi connectivity index (χ0n) is 24.0. The minimum Gasteiger partial charge on any atom is -0.493 e. The lowest BCUT2D eigenvalue weighted by atomic mass is 9.95. The highest BCUT2D eigenvalue weighted by atomic mass is 32.1. The smallest absolute Gasteiger partial charge is 0.338 e. The first-order valence-electron chi connectivity index (χ1n) is 13.5. The number of thiazole rings is 1. The number of allylic oxidation sites excluding steroid dienone is 1. The predicted octanol–water partition coefficient (Wildman–Crippen LogP) is 3.03. The Balaban J connectivity index is 1.72. The van der Waals surface area contributed by atoms with E-state index in [0.29, 0.717) is 32.1 Å². The van der Waals surface area contributed by atoms with Gasteiger partial charge >= 0.3 is 5.97 Å². The summed E-state index contributed by atoms with van der Waals surface area (Å²) in [6.45, 7) is 7.49. The average molecular weight is 589 g/mol. The first-order valence-corrected chi connectivity index (χ1v) is 14.3. The van der Waals surface area contributed by atoms with Gasteiger partial charge in [-0.05, 0) is 57.5 Å². The molecule has 4 aromatic rings. The van der Waals surface area contributed by atoms with Gasteiger partial charge in [0, 0.05) is 22.7 Å². The first-order chi connectivity index (χ1) is 20.1. The van der Waals surface area contributed by atoms with Crippen LogP contribution in [-0.2, 0) is 20.9 Å². The standard InChI is InChI=1S/C31H32N4O6S/c1-6-40-30(38)27-18(4)33-31-35(28(27)19-11-12-23(41-17(2)3)24(13-19)39-5)29(37)25(42-31)14-20-15-34(16-26(32)36)22-10-8-7-9-21(20)22/h7-15,17,28H,6,16H2,1-5H3,(H2,32,36). The van der Waals surface area contributed by atoms with Gasteiger partial charge in [-0.2, -0.15) is 0 Å². The van der Waals surface area contributed by atoms with E-state index in [9.17, 15) is 14.4 Å². The maximum atomic E-state index is 14.1. The molecule has 42 heavy (non-hydrogen) atoms. The van der Waals surface area contributed by atoms with Crippen LogP contribution in [0.3, 0.4) is 0 Å². The minimum absolute atomic E-state index is 0.00997. The molecule has 1 amide bonds. The van der Waals surface area contributed by atoms with Crippen LogP contribution in [0.1, 0.15) is 44.9 Å². The first kappa shape index (κ1) is 28.9. The molecule has 0 fully saturated rings. The van der Waals surface area contributed by atoms with Crippen molar-refractivity contribution in [3.8, 4) is 11.5 Å². The van der Waals surface area contributed by atoms with E-state index in [4.69, 9.17) is 19.9 Å². The van der Waals surface area contributed by atoms with Gasteiger partial charge in [-0.15, -0.1) is 0 Å². The lowest BCUT2D eigenvalue weighted by molar-refractivity contribution is -0.139. The normalized spacial score (nSPS) is 15.1. The van der Waals surface area contributed by atoms with Crippen LogP contribution >= 0.6 is 11.3 Å². The second-order valence-electron chi connectivity index (χ2n) is 10.1. The van der Waals surface area contributed by atoms with E-state index in [1.807, 2.05) is 44.2 Å². The summed E-state index contributed by atoms with van der Waals surface area (Å²) in [6, 6.07) is 12.2. The van der Waals surface area contributed by atoms with Gasteiger partial charge in [0.15, 0.2) is 16.3 Å². The fourth-order valence-electron chi connectivity index (χ4n) is 5.14. The molecule has 0 saturated carbocycles. The fourth-order valence-corrected chi connectivity index (χ4v) is 6.18. The van der Waals surface area contributed by atoms with E-state index in [2.05, 4.69) is 4.99 Å². The van der Waals surface area contributed by atoms with Gasteiger partial charge in [-0.3, -0.25) is 14.2 Å². The van der Waals surface area contributed by atoms with Crippen LogP contribution in [0.25, 0.3) is 17.0 Å². The van der Waals surface area contributed by atoms with Gasteiger partial charge in [-0.25, -0.2) is 9.79 Å². The van der Waals surface area contributed by atoms with Gasteiger partial charge in [0.05, 0.1) is 41.7 Å². The van der Waals surface area contributed by atoms with Crippen LogP contribution in [-0.4, -0.2) is 40.8 Å². The van der Waals surface area contributed by atoms with E-state index in [0.717, 1.165) is 16.5 Å². The number of amides is 1. The van der Waals surface area contributed by atoms with Crippen LogP contribution in [0, 0.1) is 0 Å². The molecule has 0 bridgehead atoms. The number of hydrogen-bond donors (Lipinski definition) is 1. The number of methoxy groups -OCH3 is 1. The van der Waals surface area contributed by atoms with Crippen LogP contribution in [0.15, 0.2) is 69.7 Å². The average Bonchev–Trinajstić information content (AvgIpc) is 3.44. The molecule has 1 unspecified atom stereocenters. The van der Waals surface area contributed by atoms with Crippen molar-refractivity contribution in [1.82, 2.24) is 9.13 Å². The second kappa shape index (κ2) is 11.7. The van der Waals surface area contributed by atoms with E-state index < -0.39 is 17.9 Å². The summed E-state index contributed by atoms with van der Waals surface area (Å²) in [5.74, 6) is 0.00996. The largest absolute Gasteiger partial charge is 0.493 e. The van der Waals surface area contributed by atoms with Crippen molar-refractivity contribution < 1.29 is 23.8 Å². The number of benzene rings is 2. The fraction of sp³-hybridized carbons (Fsp3) is 0.290. The molecular formula is C31H32N4O6S. The number of primary amides is 1. The third kappa shape index (κ3) is 5.35. The van der Waals surface area contributed by atoms with E-state index in [-0.39, 0.29) is 30.4 Å². The summed E-state index contributed by atoms with van der Waals surface area (Å²) >= 11 is 1.22. The summed E-state index contributed by atoms with van der Waals surface area (Å²) in [5.41, 5.74) is 8.12. The summed E-state index contributed by atoms with van der Waals surface area (Å²) < 4.78 is 20.6. The topological polar surface area (TPSA) is 127 Å². The maximum Gasteiger partial charge on any atom is 0.338 e. The minimum atomic E-state index is -0.805. The Hall–Kier alpha value is -4.64. The number of carbonyl (C=O) groups excluding carboxylic acids is 2. The lowest BCUT2D eigenvalue weighted by Crippen LogP contribution is -2.40. The molecule has 1 atom stereocenters. The molecule has 0 aliphatic carbocycles. The highest BCUT2D eigenvalue weighted by molar-refractivity contribution is 7.07. The van der Waals surface area contributed by atoms with Crippen molar-refractivity contribution in [3.63, 3.8) is 0 Å². The molecule has 2 aromatic heterocycles. The number of nitrogens with two attached hydrogens (primary N) is 1. The van der Waals surface area contributed by atoms with Crippen LogP contribution in [0.2, 0.25) is 0 Å². The Labute approximate surface area is 246 Å². The molecule has 5 rings (SSSR count). The highest BCUT2D eigenvalue weighted by Gasteiger charge is 2.34. The molecule has 3 heterocycles. The van der Waals surface area contributed by atoms with Crippen molar-refractivity contribution in [2.75, 3.05) is 13.7 Å². The van der Waals surface area contributed by atoms with Gasteiger partial charge in [0.2, 0.25) is 5.91 Å². The monoisotopic (exact) mass is 588 g/mol. The van der Waals surface area contributed by atoms with Crippen molar-refractivity contribution in [2.24, 2.45) is 10.7 Å². The van der Waals surface area contributed by atoms with Crippen molar-refractivity contribution in [2.45, 2.75) is 46.4 Å². The molecule has 1 aliphatic rings. The van der Waals surface area contributed by atoms with E-state index in [1.54, 1.807) is 49.9 Å². The Morgan fingerprint density at radius 1 is 1.17 bits per heavy atom. The second-order valence-corrected chi connectivity index (χ2v) is 11.1. The maximum absolute atomic E-state index is 14.1. The zero-order chi connectivity index (χ0) is 30.1. The summed E-state index contributed by atoms with van der Waals surface area (Å²) in [5, 5.41) is 0.870. The zero-order valence-corrected chi connectivity index (χ0v) is 24.9. The molecule has 2 N–H and O–H groups in total.